The molecule has 0 radical (unpaired) electrons. The average Bonchev–Trinajstić information content (AvgIpc) is 2.82. The summed E-state index contributed by atoms with van der Waals surface area (Å²) in [5.41, 5.74) is 3.32. The smallest absolute Gasteiger partial charge is 0.0835 e. The molecule has 0 bridgehead atoms. The molecule has 1 aromatic heterocycles. The minimum Gasteiger partial charge on any atom is -0.217 e. The maximum absolute atomic E-state index is 4.22. The van der Waals surface area contributed by atoms with E-state index in [4.69, 9.17) is 0 Å². The van der Waals surface area contributed by atoms with Crippen molar-refractivity contribution >= 4 is 0 Å². The number of benzene rings is 1. The lowest BCUT2D eigenvalue weighted by atomic mass is 10.0. The van der Waals surface area contributed by atoms with Crippen molar-refractivity contribution in [1.29, 1.82) is 0 Å². The van der Waals surface area contributed by atoms with E-state index in [0.29, 0.717) is 5.92 Å². The van der Waals surface area contributed by atoms with Crippen molar-refractivity contribution in [2.45, 2.75) is 40.0 Å². The van der Waals surface area contributed by atoms with Gasteiger partial charge in [0.1, 0.15) is 0 Å². The summed E-state index contributed by atoms with van der Waals surface area (Å²) in [6.07, 6.45) is 2.85. The van der Waals surface area contributed by atoms with E-state index in [1.165, 1.54) is 5.69 Å². The van der Waals surface area contributed by atoms with E-state index in [9.17, 15) is 0 Å². The lowest BCUT2D eigenvalue weighted by Crippen LogP contribution is -2.05. The van der Waals surface area contributed by atoms with E-state index in [2.05, 4.69) is 42.9 Å². The van der Waals surface area contributed by atoms with Crippen LogP contribution in [0.2, 0.25) is 0 Å². The van der Waals surface area contributed by atoms with Crippen LogP contribution in [-0.4, -0.2) is 15.0 Å². The number of allylic oxidation sites excluding steroid dienone is 1. The molecule has 0 spiro atoms. The van der Waals surface area contributed by atoms with Crippen LogP contribution >= 0.6 is 0 Å². The Balaban J connectivity index is 0.000000550. The summed E-state index contributed by atoms with van der Waals surface area (Å²) in [6.45, 7) is 11.7. The van der Waals surface area contributed by atoms with Crippen LogP contribution in [0.3, 0.4) is 0 Å². The molecule has 0 aliphatic heterocycles. The maximum atomic E-state index is 4.22. The summed E-state index contributed by atoms with van der Waals surface area (Å²) in [4.78, 5) is 0. The maximum Gasteiger partial charge on any atom is 0.0835 e. The molecule has 0 saturated heterocycles. The van der Waals surface area contributed by atoms with Crippen LogP contribution in [0.5, 0.6) is 0 Å². The summed E-state index contributed by atoms with van der Waals surface area (Å²) in [7, 11) is 0. The summed E-state index contributed by atoms with van der Waals surface area (Å²) in [5.74, 6) is 0.482. The van der Waals surface area contributed by atoms with Gasteiger partial charge in [-0.25, -0.2) is 4.68 Å². The molecular weight excluding hydrogens is 234 g/mol. The quantitative estimate of drug-likeness (QED) is 0.768. The van der Waals surface area contributed by atoms with Crippen LogP contribution in [0.25, 0.3) is 5.69 Å². The zero-order valence-electron chi connectivity index (χ0n) is 12.3. The molecule has 1 heterocycles. The number of rotatable bonds is 3. The van der Waals surface area contributed by atoms with Gasteiger partial charge in [-0.05, 0) is 32.4 Å². The van der Waals surface area contributed by atoms with Gasteiger partial charge in [-0.1, -0.05) is 43.3 Å². The van der Waals surface area contributed by atoms with Gasteiger partial charge in [0.05, 0.1) is 17.1 Å². The van der Waals surface area contributed by atoms with E-state index in [0.717, 1.165) is 17.8 Å². The normalized spacial score (nSPS) is 11.4. The number of para-hydroxylation sites is 1. The number of nitrogens with zero attached hydrogens (tertiary/aromatic N) is 3. The Hall–Kier alpha value is -1.90. The standard InChI is InChI=1S/C13H17N3.C3H6/c1-4-10(2)13-11(3)14-15-16(13)12-8-6-5-7-9-12;1-3-2/h5-10H,4H2,1-3H3;3H,1H2,2H3. The second-order valence-corrected chi connectivity index (χ2v) is 4.52. The highest BCUT2D eigenvalue weighted by atomic mass is 15.4. The van der Waals surface area contributed by atoms with Crippen molar-refractivity contribution < 1.29 is 0 Å². The zero-order valence-corrected chi connectivity index (χ0v) is 12.3. The highest BCUT2D eigenvalue weighted by molar-refractivity contribution is 5.33. The van der Waals surface area contributed by atoms with Crippen LogP contribution in [-0.2, 0) is 0 Å². The van der Waals surface area contributed by atoms with E-state index in [1.807, 2.05) is 36.7 Å². The van der Waals surface area contributed by atoms with E-state index in [1.54, 1.807) is 6.08 Å². The lowest BCUT2D eigenvalue weighted by molar-refractivity contribution is 0.656. The number of aryl methyl sites for hydroxylation is 1. The average molecular weight is 257 g/mol. The molecule has 2 aromatic rings. The third kappa shape index (κ3) is 3.78. The molecule has 1 atom stereocenters. The molecule has 2 rings (SSSR count). The third-order valence-corrected chi connectivity index (χ3v) is 2.96. The number of aromatic nitrogens is 3. The van der Waals surface area contributed by atoms with Gasteiger partial charge >= 0.3 is 0 Å². The highest BCUT2D eigenvalue weighted by Gasteiger charge is 2.15. The second-order valence-electron chi connectivity index (χ2n) is 4.52. The Morgan fingerprint density at radius 1 is 1.32 bits per heavy atom. The van der Waals surface area contributed by atoms with Crippen molar-refractivity contribution in [2.24, 2.45) is 0 Å². The second kappa shape index (κ2) is 7.52. The number of hydrogen-bond acceptors (Lipinski definition) is 2. The van der Waals surface area contributed by atoms with Crippen LogP contribution in [0.1, 0.15) is 44.5 Å². The van der Waals surface area contributed by atoms with Crippen LogP contribution in [0.15, 0.2) is 43.0 Å². The molecule has 0 N–H and O–H groups in total. The fraction of sp³-hybridized carbons (Fsp3) is 0.375. The van der Waals surface area contributed by atoms with Gasteiger partial charge in [0, 0.05) is 5.92 Å². The molecule has 102 valence electrons. The summed E-state index contributed by atoms with van der Waals surface area (Å²) >= 11 is 0. The Bertz CT molecular complexity index is 500. The van der Waals surface area contributed by atoms with E-state index < -0.39 is 0 Å². The van der Waals surface area contributed by atoms with Gasteiger partial charge < -0.3 is 0 Å². The molecule has 1 unspecified atom stereocenters. The van der Waals surface area contributed by atoms with Crippen molar-refractivity contribution in [1.82, 2.24) is 15.0 Å². The van der Waals surface area contributed by atoms with Gasteiger partial charge in [-0.15, -0.1) is 11.7 Å². The van der Waals surface area contributed by atoms with Crippen molar-refractivity contribution in [3.05, 3.63) is 54.4 Å². The summed E-state index contributed by atoms with van der Waals surface area (Å²) in [6, 6.07) is 10.2. The van der Waals surface area contributed by atoms with Crippen LogP contribution in [0.4, 0.5) is 0 Å². The molecule has 0 amide bonds. The van der Waals surface area contributed by atoms with E-state index in [-0.39, 0.29) is 0 Å². The van der Waals surface area contributed by atoms with Gasteiger partial charge in [-0.2, -0.15) is 0 Å². The molecule has 0 aliphatic carbocycles. The molecule has 0 fully saturated rings. The SMILES string of the molecule is C=CC.CCC(C)c1c(C)nnn1-c1ccccc1. The zero-order chi connectivity index (χ0) is 14.3. The summed E-state index contributed by atoms with van der Waals surface area (Å²) in [5, 5.41) is 8.40. The molecule has 3 nitrogen and oxygen atoms in total. The monoisotopic (exact) mass is 257 g/mol. The molecule has 3 heteroatoms. The summed E-state index contributed by atoms with van der Waals surface area (Å²) < 4.78 is 1.95. The largest absolute Gasteiger partial charge is 0.217 e. The Morgan fingerprint density at radius 3 is 2.42 bits per heavy atom. The fourth-order valence-electron chi connectivity index (χ4n) is 1.88. The van der Waals surface area contributed by atoms with Gasteiger partial charge in [0.2, 0.25) is 0 Å². The first-order valence-corrected chi connectivity index (χ1v) is 6.70. The highest BCUT2D eigenvalue weighted by Crippen LogP contribution is 2.23. The predicted molar refractivity (Wildman–Crippen MR) is 80.7 cm³/mol. The molecule has 19 heavy (non-hydrogen) atoms. The van der Waals surface area contributed by atoms with Crippen molar-refractivity contribution in [3.63, 3.8) is 0 Å². The van der Waals surface area contributed by atoms with Gasteiger partial charge in [0.15, 0.2) is 0 Å². The Morgan fingerprint density at radius 2 is 1.89 bits per heavy atom. The minimum absolute atomic E-state index is 0.482. The Kier molecular flexibility index (Phi) is 6.00. The lowest BCUT2D eigenvalue weighted by Gasteiger charge is -2.12. The Labute approximate surface area is 116 Å². The van der Waals surface area contributed by atoms with Crippen molar-refractivity contribution in [2.75, 3.05) is 0 Å². The number of hydrogen-bond donors (Lipinski definition) is 0. The molecule has 1 aromatic carbocycles. The van der Waals surface area contributed by atoms with Gasteiger partial charge in [0.25, 0.3) is 0 Å². The predicted octanol–water partition coefficient (Wildman–Crippen LogP) is 4.28. The minimum atomic E-state index is 0.482. The van der Waals surface area contributed by atoms with Gasteiger partial charge in [-0.3, -0.25) is 0 Å². The first-order valence-electron chi connectivity index (χ1n) is 6.70. The fourth-order valence-corrected chi connectivity index (χ4v) is 1.88. The topological polar surface area (TPSA) is 30.7 Å². The molecule has 0 aliphatic rings. The first-order chi connectivity index (χ1) is 9.15. The molecule has 0 saturated carbocycles. The van der Waals surface area contributed by atoms with Crippen LogP contribution in [0, 0.1) is 6.92 Å². The van der Waals surface area contributed by atoms with E-state index >= 15 is 0 Å². The van der Waals surface area contributed by atoms with Crippen molar-refractivity contribution in [3.8, 4) is 5.69 Å². The van der Waals surface area contributed by atoms with Crippen LogP contribution < -0.4 is 0 Å². The molecular formula is C16H23N3. The third-order valence-electron chi connectivity index (χ3n) is 2.96. The first kappa shape index (κ1) is 15.2.